The van der Waals surface area contributed by atoms with Gasteiger partial charge in [0.1, 0.15) is 0 Å². The third-order valence-corrected chi connectivity index (χ3v) is 4.06. The molecule has 0 aliphatic heterocycles. The quantitative estimate of drug-likeness (QED) is 0.840. The van der Waals surface area contributed by atoms with Gasteiger partial charge in [0.2, 0.25) is 0 Å². The number of hydrogen-bond donors (Lipinski definition) is 2. The third-order valence-electron chi connectivity index (χ3n) is 4.06. The number of rotatable bonds is 3. The van der Waals surface area contributed by atoms with Crippen LogP contribution in [0.1, 0.15) is 56.6 Å². The summed E-state index contributed by atoms with van der Waals surface area (Å²) in [7, 11) is 0. The van der Waals surface area contributed by atoms with Crippen LogP contribution < -0.4 is 10.6 Å². The van der Waals surface area contributed by atoms with Crippen molar-refractivity contribution in [2.45, 2.75) is 58.4 Å². The lowest BCUT2D eigenvalue weighted by atomic mass is 9.98. The molecule has 1 saturated carbocycles. The van der Waals surface area contributed by atoms with Gasteiger partial charge in [0.05, 0.1) is 0 Å². The van der Waals surface area contributed by atoms with Gasteiger partial charge in [-0.25, -0.2) is 0 Å². The van der Waals surface area contributed by atoms with Gasteiger partial charge < -0.3 is 10.6 Å². The van der Waals surface area contributed by atoms with E-state index in [9.17, 15) is 9.59 Å². The molecule has 2 amide bonds. The number of nitrogens with one attached hydrogen (secondary N) is 2. The molecular formula is C17H24N2O2. The van der Waals surface area contributed by atoms with Crippen LogP contribution in [0.3, 0.4) is 0 Å². The summed E-state index contributed by atoms with van der Waals surface area (Å²) in [4.78, 5) is 24.1. The molecule has 1 aliphatic rings. The molecule has 1 aromatic carbocycles. The zero-order valence-corrected chi connectivity index (χ0v) is 13.0. The van der Waals surface area contributed by atoms with E-state index in [1.165, 1.54) is 0 Å². The van der Waals surface area contributed by atoms with Crippen LogP contribution in [0.4, 0.5) is 5.69 Å². The van der Waals surface area contributed by atoms with Crippen molar-refractivity contribution in [3.8, 4) is 0 Å². The van der Waals surface area contributed by atoms with Gasteiger partial charge in [-0.05, 0) is 36.8 Å². The van der Waals surface area contributed by atoms with E-state index in [-0.39, 0.29) is 12.0 Å². The van der Waals surface area contributed by atoms with Crippen LogP contribution in [0.2, 0.25) is 0 Å². The molecule has 0 aromatic heterocycles. The molecule has 1 fully saturated rings. The van der Waals surface area contributed by atoms with E-state index in [1.54, 1.807) is 0 Å². The zero-order valence-electron chi connectivity index (χ0n) is 13.0. The third kappa shape index (κ3) is 3.84. The Morgan fingerprint density at radius 1 is 1.14 bits per heavy atom. The van der Waals surface area contributed by atoms with Crippen LogP contribution in [0.5, 0.6) is 0 Å². The minimum atomic E-state index is -0.571. The lowest BCUT2D eigenvalue weighted by molar-refractivity contribution is -0.136. The second-order valence-corrected chi connectivity index (χ2v) is 6.10. The largest absolute Gasteiger partial charge is 0.345 e. The van der Waals surface area contributed by atoms with Gasteiger partial charge in [0, 0.05) is 11.7 Å². The highest BCUT2D eigenvalue weighted by atomic mass is 16.2. The standard InChI is InChI=1S/C17H24N2O2/c1-11(2)14-10-6-7-12(3)15(14)19-17(21)16(20)18-13-8-4-5-9-13/h6-7,10-11,13H,4-5,8-9H2,1-3H3,(H,18,20)(H,19,21). The van der Waals surface area contributed by atoms with Crippen molar-refractivity contribution >= 4 is 17.5 Å². The maximum atomic E-state index is 12.1. The Morgan fingerprint density at radius 2 is 1.81 bits per heavy atom. The van der Waals surface area contributed by atoms with E-state index >= 15 is 0 Å². The topological polar surface area (TPSA) is 58.2 Å². The smallest absolute Gasteiger partial charge is 0.313 e. The first-order chi connectivity index (χ1) is 9.99. The van der Waals surface area contributed by atoms with E-state index in [0.717, 1.165) is 42.5 Å². The Kier molecular flexibility index (Phi) is 4.99. The Bertz CT molecular complexity index is 532. The van der Waals surface area contributed by atoms with Crippen LogP contribution in [-0.2, 0) is 9.59 Å². The number of carbonyl (C=O) groups is 2. The summed E-state index contributed by atoms with van der Waals surface area (Å²) >= 11 is 0. The van der Waals surface area contributed by atoms with Gasteiger partial charge in [-0.15, -0.1) is 0 Å². The molecule has 2 rings (SSSR count). The van der Waals surface area contributed by atoms with Crippen molar-refractivity contribution in [3.05, 3.63) is 29.3 Å². The van der Waals surface area contributed by atoms with Crippen molar-refractivity contribution in [2.24, 2.45) is 0 Å². The molecule has 0 atom stereocenters. The Morgan fingerprint density at radius 3 is 2.43 bits per heavy atom. The van der Waals surface area contributed by atoms with E-state index in [1.807, 2.05) is 25.1 Å². The molecule has 21 heavy (non-hydrogen) atoms. The van der Waals surface area contributed by atoms with E-state index in [2.05, 4.69) is 24.5 Å². The maximum absolute atomic E-state index is 12.1. The van der Waals surface area contributed by atoms with Gasteiger partial charge >= 0.3 is 11.8 Å². The van der Waals surface area contributed by atoms with E-state index < -0.39 is 11.8 Å². The zero-order chi connectivity index (χ0) is 15.4. The Hall–Kier alpha value is -1.84. The minimum Gasteiger partial charge on any atom is -0.345 e. The molecule has 1 aliphatic carbocycles. The van der Waals surface area contributed by atoms with Gasteiger partial charge in [-0.2, -0.15) is 0 Å². The number of hydrogen-bond acceptors (Lipinski definition) is 2. The van der Waals surface area contributed by atoms with Crippen LogP contribution in [0.25, 0.3) is 0 Å². The van der Waals surface area contributed by atoms with Gasteiger partial charge in [-0.3, -0.25) is 9.59 Å². The molecule has 0 unspecified atom stereocenters. The van der Waals surface area contributed by atoms with Crippen LogP contribution in [-0.4, -0.2) is 17.9 Å². The lowest BCUT2D eigenvalue weighted by Crippen LogP contribution is -2.40. The van der Waals surface area contributed by atoms with Crippen molar-refractivity contribution < 1.29 is 9.59 Å². The van der Waals surface area contributed by atoms with E-state index in [0.29, 0.717) is 0 Å². The van der Waals surface area contributed by atoms with Crippen LogP contribution >= 0.6 is 0 Å². The Balaban J connectivity index is 2.06. The number of para-hydroxylation sites is 1. The first kappa shape index (κ1) is 15.5. The van der Waals surface area contributed by atoms with Crippen LogP contribution in [0.15, 0.2) is 18.2 Å². The van der Waals surface area contributed by atoms with Crippen LogP contribution in [0, 0.1) is 6.92 Å². The van der Waals surface area contributed by atoms with Crippen molar-refractivity contribution in [1.82, 2.24) is 5.32 Å². The summed E-state index contributed by atoms with van der Waals surface area (Å²) in [6.07, 6.45) is 4.20. The van der Waals surface area contributed by atoms with E-state index in [4.69, 9.17) is 0 Å². The summed E-state index contributed by atoms with van der Waals surface area (Å²) in [5.41, 5.74) is 2.79. The molecule has 0 saturated heterocycles. The second kappa shape index (κ2) is 6.74. The first-order valence-corrected chi connectivity index (χ1v) is 7.70. The summed E-state index contributed by atoms with van der Waals surface area (Å²) in [6.45, 7) is 6.09. The summed E-state index contributed by atoms with van der Waals surface area (Å²) in [6, 6.07) is 6.06. The minimum absolute atomic E-state index is 0.157. The van der Waals surface area contributed by atoms with Gasteiger partial charge in [-0.1, -0.05) is 44.9 Å². The molecule has 114 valence electrons. The molecule has 4 heteroatoms. The highest BCUT2D eigenvalue weighted by Gasteiger charge is 2.22. The number of carbonyl (C=O) groups excluding carboxylic acids is 2. The average Bonchev–Trinajstić information content (AvgIpc) is 2.93. The molecule has 2 N–H and O–H groups in total. The predicted molar refractivity (Wildman–Crippen MR) is 84.3 cm³/mol. The molecule has 0 radical (unpaired) electrons. The number of benzene rings is 1. The lowest BCUT2D eigenvalue weighted by Gasteiger charge is -2.17. The van der Waals surface area contributed by atoms with Crippen molar-refractivity contribution in [2.75, 3.05) is 5.32 Å². The Labute approximate surface area is 126 Å². The molecule has 4 nitrogen and oxygen atoms in total. The molecule has 0 bridgehead atoms. The van der Waals surface area contributed by atoms with Crippen molar-refractivity contribution in [3.63, 3.8) is 0 Å². The van der Waals surface area contributed by atoms with Crippen molar-refractivity contribution in [1.29, 1.82) is 0 Å². The van der Waals surface area contributed by atoms with Gasteiger partial charge in [0.25, 0.3) is 0 Å². The normalized spacial score (nSPS) is 15.2. The molecule has 1 aromatic rings. The second-order valence-electron chi connectivity index (χ2n) is 6.10. The summed E-state index contributed by atoms with van der Waals surface area (Å²) in [5.74, 6) is -0.809. The highest BCUT2D eigenvalue weighted by molar-refractivity contribution is 6.39. The molecule has 0 spiro atoms. The number of anilines is 1. The average molecular weight is 288 g/mol. The summed E-state index contributed by atoms with van der Waals surface area (Å²) in [5, 5.41) is 5.60. The molecule has 0 heterocycles. The fourth-order valence-corrected chi connectivity index (χ4v) is 2.83. The number of amides is 2. The predicted octanol–water partition coefficient (Wildman–Crippen LogP) is 3.12. The molecular weight excluding hydrogens is 264 g/mol. The van der Waals surface area contributed by atoms with Gasteiger partial charge in [0.15, 0.2) is 0 Å². The number of aryl methyl sites for hydroxylation is 1. The summed E-state index contributed by atoms with van der Waals surface area (Å²) < 4.78 is 0. The monoisotopic (exact) mass is 288 g/mol. The fourth-order valence-electron chi connectivity index (χ4n) is 2.83. The maximum Gasteiger partial charge on any atom is 0.313 e. The highest BCUT2D eigenvalue weighted by Crippen LogP contribution is 2.27. The first-order valence-electron chi connectivity index (χ1n) is 7.70. The SMILES string of the molecule is Cc1cccc(C(C)C)c1NC(=O)C(=O)NC1CCCC1. The fraction of sp³-hybridized carbons (Fsp3) is 0.529.